The first-order valence-electron chi connectivity index (χ1n) is 10.0. The standard InChI is InChI=1S/C14H15FIO6P.5FH2O3P/c1-20-13-7-3-11(4-8-13)16(17,22-23(15,18)19)12-5-9-14(21-2)10-6-12;5*1-5(2,3)4/h3-10H,1-2H3,(H,18,19);5*(H2,2,3,4). The third kappa shape index (κ3) is 51.9. The normalized spacial score (nSPS) is 13.2. The summed E-state index contributed by atoms with van der Waals surface area (Å²) in [4.78, 5) is 78.6. The van der Waals surface area contributed by atoms with Gasteiger partial charge in [-0.15, -0.1) is 21.0 Å². The molecular weight excluding hydrogens is 931 g/mol. The van der Waals surface area contributed by atoms with Crippen LogP contribution in [0.5, 0.6) is 11.5 Å². The summed E-state index contributed by atoms with van der Waals surface area (Å²) in [5.41, 5.74) is 0. The van der Waals surface area contributed by atoms with Gasteiger partial charge in [0.25, 0.3) is 0 Å². The van der Waals surface area contributed by atoms with Gasteiger partial charge in [-0.05, 0) is 0 Å². The number of ether oxygens (including phenoxy) is 2. The number of halogens is 7. The average molecular weight is 956 g/mol. The molecular formula is C14H25F6IO21P6. The molecule has 0 amide bonds. The van der Waals surface area contributed by atoms with E-state index in [-0.39, 0.29) is 7.14 Å². The minimum Gasteiger partial charge on any atom is -0.299 e. The number of benzene rings is 2. The minimum absolute atomic E-state index is 0.134. The maximum Gasteiger partial charge on any atom is 0.507 e. The van der Waals surface area contributed by atoms with Gasteiger partial charge in [0.05, 0.1) is 0 Å². The zero-order valence-corrected chi connectivity index (χ0v) is 30.5. The van der Waals surface area contributed by atoms with Crippen molar-refractivity contribution >= 4 is 66.3 Å². The predicted octanol–water partition coefficient (Wildman–Crippen LogP) is 4.38. The Kier molecular flexibility index (Phi) is 25.6. The molecule has 48 heavy (non-hydrogen) atoms. The van der Waals surface area contributed by atoms with Crippen LogP contribution in [0, 0.1) is 7.14 Å². The van der Waals surface area contributed by atoms with E-state index in [1.807, 2.05) is 0 Å². The largest absolute Gasteiger partial charge is 0.507 e. The fourth-order valence-electron chi connectivity index (χ4n) is 1.80. The van der Waals surface area contributed by atoms with Crippen LogP contribution in [0.4, 0.5) is 25.2 Å². The summed E-state index contributed by atoms with van der Waals surface area (Å²) in [6.45, 7) is 0. The molecule has 0 aliphatic rings. The van der Waals surface area contributed by atoms with Gasteiger partial charge in [0.15, 0.2) is 0 Å². The molecule has 0 bridgehead atoms. The van der Waals surface area contributed by atoms with Crippen molar-refractivity contribution in [1.82, 2.24) is 0 Å². The van der Waals surface area contributed by atoms with Gasteiger partial charge in [-0.1, -0.05) is 0 Å². The van der Waals surface area contributed by atoms with Gasteiger partial charge in [0.1, 0.15) is 0 Å². The summed E-state index contributed by atoms with van der Waals surface area (Å²) in [7, 11) is -28.2. The predicted molar refractivity (Wildman–Crippen MR) is 156 cm³/mol. The quantitative estimate of drug-likeness (QED) is 0.109. The minimum atomic E-state index is -5.45. The van der Waals surface area contributed by atoms with Crippen LogP contribution in [-0.2, 0) is 33.3 Å². The second kappa shape index (κ2) is 22.8. The smallest absolute Gasteiger partial charge is 0.299 e. The van der Waals surface area contributed by atoms with Crippen LogP contribution in [0.3, 0.4) is 0 Å². The first kappa shape index (κ1) is 53.8. The van der Waals surface area contributed by atoms with Crippen molar-refractivity contribution in [1.29, 1.82) is 0 Å². The molecule has 0 radical (unpaired) electrons. The fourth-order valence-corrected chi connectivity index (χ4v) is 8.95. The van der Waals surface area contributed by atoms with Crippen molar-refractivity contribution in [3.63, 3.8) is 0 Å². The van der Waals surface area contributed by atoms with Crippen LogP contribution in [0.15, 0.2) is 48.5 Å². The Balaban J connectivity index is -0.000000314. The fraction of sp³-hybridized carbons (Fsp3) is 0.143. The van der Waals surface area contributed by atoms with Crippen molar-refractivity contribution in [2.45, 2.75) is 0 Å². The monoisotopic (exact) mass is 956 g/mol. The Labute approximate surface area is 269 Å². The van der Waals surface area contributed by atoms with E-state index in [2.05, 4.69) is 2.85 Å². The third-order valence-electron chi connectivity index (χ3n) is 2.86. The Morgan fingerprint density at radius 2 is 0.625 bits per heavy atom. The Hall–Kier alpha value is -0.950. The van der Waals surface area contributed by atoms with E-state index in [4.69, 9.17) is 86.1 Å². The van der Waals surface area contributed by atoms with Crippen LogP contribution in [-0.4, -0.2) is 68.0 Å². The van der Waals surface area contributed by atoms with E-state index < -0.39 is 66.3 Å². The Morgan fingerprint density at radius 1 is 0.458 bits per heavy atom. The molecule has 2 rings (SSSR count). The van der Waals surface area contributed by atoms with Gasteiger partial charge >= 0.3 is 177 Å². The van der Waals surface area contributed by atoms with E-state index in [0.29, 0.717) is 11.5 Å². The first-order valence-corrected chi connectivity index (χ1v) is 22.9. The number of hydrogen-bond donors (Lipinski definition) is 11. The second-order valence-corrected chi connectivity index (χ2v) is 18.8. The molecule has 1 unspecified atom stereocenters. The number of rotatable bonds is 6. The molecule has 2 aromatic rings. The van der Waals surface area contributed by atoms with Crippen molar-refractivity contribution in [2.24, 2.45) is 0 Å². The third-order valence-corrected chi connectivity index (χ3v) is 11.1. The van der Waals surface area contributed by atoms with Gasteiger partial charge in [-0.3, -0.25) is 48.9 Å². The number of methoxy groups -OCH3 is 2. The number of hydrogen-bond acceptors (Lipinski definition) is 10. The van der Waals surface area contributed by atoms with Gasteiger partial charge in [-0.25, -0.2) is 22.8 Å². The molecule has 0 aromatic heterocycles. The molecule has 2 aromatic carbocycles. The van der Waals surface area contributed by atoms with Crippen molar-refractivity contribution in [2.75, 3.05) is 14.2 Å². The van der Waals surface area contributed by atoms with Crippen molar-refractivity contribution < 1.29 is 122 Å². The first-order chi connectivity index (χ1) is 20.8. The van der Waals surface area contributed by atoms with Gasteiger partial charge < -0.3 is 0 Å². The van der Waals surface area contributed by atoms with Crippen molar-refractivity contribution in [3.05, 3.63) is 55.7 Å². The molecule has 286 valence electrons. The van der Waals surface area contributed by atoms with E-state index in [0.717, 1.165) is 0 Å². The molecule has 0 aliphatic heterocycles. The molecule has 21 nitrogen and oxygen atoms in total. The molecule has 0 saturated heterocycles. The van der Waals surface area contributed by atoms with Gasteiger partial charge in [-0.2, -0.15) is 0 Å². The maximum absolute atomic E-state index is 13.2. The summed E-state index contributed by atoms with van der Waals surface area (Å²) >= 11 is -4.98. The second-order valence-electron chi connectivity index (χ2n) is 6.67. The van der Waals surface area contributed by atoms with E-state index >= 15 is 0 Å². The van der Waals surface area contributed by atoms with E-state index in [1.54, 1.807) is 0 Å². The molecule has 0 spiro atoms. The van der Waals surface area contributed by atoms with Crippen LogP contribution >= 0.6 is 66.3 Å². The van der Waals surface area contributed by atoms with Crippen LogP contribution in [0.25, 0.3) is 0 Å². The van der Waals surface area contributed by atoms with Crippen LogP contribution < -0.4 is 9.47 Å². The maximum atomic E-state index is 13.2. The van der Waals surface area contributed by atoms with Crippen molar-refractivity contribution in [3.8, 4) is 11.5 Å². The molecule has 34 heteroatoms. The summed E-state index contributed by atoms with van der Waals surface area (Å²) in [5.74, 6) is 0.999. The summed E-state index contributed by atoms with van der Waals surface area (Å²) in [6, 6.07) is 11.7. The molecule has 0 fully saturated rings. The van der Waals surface area contributed by atoms with E-state index in [1.165, 1.54) is 62.8 Å². The van der Waals surface area contributed by atoms with Crippen LogP contribution in [0.1, 0.15) is 0 Å². The Morgan fingerprint density at radius 3 is 0.750 bits per heavy atom. The molecule has 11 N–H and O–H groups in total. The molecule has 0 saturated carbocycles. The average Bonchev–Trinajstić information content (AvgIpc) is 2.78. The SMILES string of the molecule is COc1ccc(I(=O)(OP(=O)(O)F)c2ccc(OC)cc2)cc1.O=P(O)(O)F.O=P(O)(O)F.O=P(O)(O)F.O=P(O)(O)F.O=P(O)(O)F. The van der Waals surface area contributed by atoms with Crippen LogP contribution in [0.2, 0.25) is 0 Å². The topological polar surface area (TPSA) is 370 Å². The molecule has 1 atom stereocenters. The van der Waals surface area contributed by atoms with E-state index in [9.17, 15) is 32.8 Å². The van der Waals surface area contributed by atoms with Gasteiger partial charge in [0, 0.05) is 0 Å². The summed E-state index contributed by atoms with van der Waals surface area (Å²) < 4.78 is 147. The zero-order chi connectivity index (χ0) is 39.6. The summed E-state index contributed by atoms with van der Waals surface area (Å²) in [6.07, 6.45) is 0. The Bertz CT molecular complexity index is 1340. The van der Waals surface area contributed by atoms with Gasteiger partial charge in [0.2, 0.25) is 0 Å². The summed E-state index contributed by atoms with van der Waals surface area (Å²) in [5, 5.41) is 0. The molecule has 0 aliphatic carbocycles. The molecule has 0 heterocycles. The zero-order valence-electron chi connectivity index (χ0n) is 22.9.